The molecule has 2 N–H and O–H groups in total. The van der Waals surface area contributed by atoms with Crippen molar-refractivity contribution < 1.29 is 40.7 Å². The number of hydrogen-bond acceptors (Lipinski definition) is 6. The molecule has 0 aliphatic carbocycles. The van der Waals surface area contributed by atoms with Crippen LogP contribution in [0.15, 0.2) is 59.7 Å². The van der Waals surface area contributed by atoms with Gasteiger partial charge in [0.25, 0.3) is 0 Å². The second kappa shape index (κ2) is 13.0. The van der Waals surface area contributed by atoms with E-state index < -0.39 is 41.1 Å². The molecule has 43 heavy (non-hydrogen) atoms. The van der Waals surface area contributed by atoms with Crippen molar-refractivity contribution in [2.75, 3.05) is 18.4 Å². The molecular weight excluding hydrogens is 618 g/mol. The standard InChI is InChI=1S/C28H22F6N4O3S2/c29-27(30,31)20-8-3-1-6-16(20)12-18-14-38(23(40)11-5-10-22(39)35-25-36-37-26(42)43-25)15-19(24(18)41)13-17-7-2-4-9-21(17)28(32,33)34/h1-4,6-9,12-13H,5,10-11,14-15H2,(H,37,42)(H,35,36,39)/b18-12+,19-13+. The number of benzene rings is 2. The van der Waals surface area contributed by atoms with Crippen LogP contribution in [0, 0.1) is 3.95 Å². The van der Waals surface area contributed by atoms with Crippen LogP contribution in [-0.4, -0.2) is 45.8 Å². The fraction of sp³-hybridized carbons (Fsp3) is 0.250. The average Bonchev–Trinajstić information content (AvgIpc) is 3.34. The Morgan fingerprint density at radius 3 is 1.88 bits per heavy atom. The maximum atomic E-state index is 13.6. The number of ketones is 1. The zero-order chi connectivity index (χ0) is 31.4. The molecule has 0 radical (unpaired) electrons. The van der Waals surface area contributed by atoms with E-state index in [1.54, 1.807) is 0 Å². The van der Waals surface area contributed by atoms with Crippen molar-refractivity contribution in [2.24, 2.45) is 0 Å². The number of amides is 2. The minimum absolute atomic E-state index is 0.0752. The van der Waals surface area contributed by atoms with Crippen LogP contribution in [0.2, 0.25) is 0 Å². The van der Waals surface area contributed by atoms with Crippen molar-refractivity contribution in [2.45, 2.75) is 31.6 Å². The van der Waals surface area contributed by atoms with Crippen LogP contribution >= 0.6 is 23.6 Å². The highest BCUT2D eigenvalue weighted by Crippen LogP contribution is 2.35. The first-order chi connectivity index (χ1) is 20.2. The van der Waals surface area contributed by atoms with Gasteiger partial charge in [-0.15, -0.1) is 5.10 Å². The van der Waals surface area contributed by atoms with Gasteiger partial charge in [-0.1, -0.05) is 47.7 Å². The number of carbonyl (C=O) groups is 3. The highest BCUT2D eigenvalue weighted by molar-refractivity contribution is 7.73. The molecule has 2 aromatic carbocycles. The minimum Gasteiger partial charge on any atom is -0.334 e. The van der Waals surface area contributed by atoms with Gasteiger partial charge in [0.1, 0.15) is 0 Å². The second-order valence-electron chi connectivity index (χ2n) is 9.41. The molecule has 1 aliphatic rings. The third-order valence-electron chi connectivity index (χ3n) is 6.33. The first kappa shape index (κ1) is 31.8. The van der Waals surface area contributed by atoms with Gasteiger partial charge in [-0.25, -0.2) is 0 Å². The van der Waals surface area contributed by atoms with E-state index in [2.05, 4.69) is 15.5 Å². The molecule has 2 amide bonds. The Hall–Kier alpha value is -4.11. The molecule has 0 bridgehead atoms. The molecule has 0 saturated carbocycles. The van der Waals surface area contributed by atoms with Crippen molar-refractivity contribution in [3.05, 3.63) is 85.9 Å². The second-order valence-corrected chi connectivity index (χ2v) is 11.1. The lowest BCUT2D eigenvalue weighted by atomic mass is 9.92. The molecule has 3 aromatic rings. The van der Waals surface area contributed by atoms with Gasteiger partial charge in [0.2, 0.25) is 16.9 Å². The van der Waals surface area contributed by atoms with Crippen LogP contribution in [0.5, 0.6) is 0 Å². The lowest BCUT2D eigenvalue weighted by molar-refractivity contribution is -0.138. The van der Waals surface area contributed by atoms with Crippen LogP contribution in [0.25, 0.3) is 12.2 Å². The Labute approximate surface area is 249 Å². The zero-order valence-corrected chi connectivity index (χ0v) is 23.6. The maximum absolute atomic E-state index is 13.6. The number of aromatic nitrogens is 2. The summed E-state index contributed by atoms with van der Waals surface area (Å²) in [5.41, 5.74) is -3.10. The summed E-state index contributed by atoms with van der Waals surface area (Å²) >= 11 is 5.94. The molecular formula is C28H22F6N4O3S2. The molecule has 1 saturated heterocycles. The number of rotatable bonds is 7. The van der Waals surface area contributed by atoms with Crippen molar-refractivity contribution in [1.82, 2.24) is 15.1 Å². The van der Waals surface area contributed by atoms with Crippen molar-refractivity contribution in [1.29, 1.82) is 0 Å². The monoisotopic (exact) mass is 640 g/mol. The number of hydrogen-bond donors (Lipinski definition) is 2. The minimum atomic E-state index is -4.74. The number of anilines is 1. The van der Waals surface area contributed by atoms with Gasteiger partial charge in [-0.3, -0.25) is 19.5 Å². The number of nitrogens with one attached hydrogen (secondary N) is 2. The number of H-pyrrole nitrogens is 1. The van der Waals surface area contributed by atoms with Gasteiger partial charge >= 0.3 is 12.4 Å². The molecule has 226 valence electrons. The number of aromatic amines is 1. The van der Waals surface area contributed by atoms with E-state index in [4.69, 9.17) is 12.2 Å². The summed E-state index contributed by atoms with van der Waals surface area (Å²) in [5, 5.41) is 9.08. The molecule has 1 aliphatic heterocycles. The topological polar surface area (TPSA) is 95.2 Å². The smallest absolute Gasteiger partial charge is 0.334 e. The summed E-state index contributed by atoms with van der Waals surface area (Å²) in [5.74, 6) is -1.76. The van der Waals surface area contributed by atoms with E-state index in [1.165, 1.54) is 29.2 Å². The fourth-order valence-electron chi connectivity index (χ4n) is 4.38. The average molecular weight is 641 g/mol. The molecule has 1 aromatic heterocycles. The van der Waals surface area contributed by atoms with E-state index in [1.807, 2.05) is 0 Å². The Kier molecular flexibility index (Phi) is 9.65. The molecule has 7 nitrogen and oxygen atoms in total. The third kappa shape index (κ3) is 8.26. The predicted octanol–water partition coefficient (Wildman–Crippen LogP) is 6.93. The van der Waals surface area contributed by atoms with Crippen molar-refractivity contribution >= 4 is 58.4 Å². The first-order valence-corrected chi connectivity index (χ1v) is 13.9. The van der Waals surface area contributed by atoms with Crippen LogP contribution in [0.4, 0.5) is 31.5 Å². The van der Waals surface area contributed by atoms with Crippen LogP contribution in [0.3, 0.4) is 0 Å². The largest absolute Gasteiger partial charge is 0.416 e. The number of likely N-dealkylation sites (tertiary alicyclic amines) is 1. The van der Waals surface area contributed by atoms with E-state index in [-0.39, 0.29) is 59.8 Å². The lowest BCUT2D eigenvalue weighted by Gasteiger charge is -2.30. The van der Waals surface area contributed by atoms with Gasteiger partial charge in [0, 0.05) is 37.1 Å². The summed E-state index contributed by atoms with van der Waals surface area (Å²) in [6, 6.07) is 9.03. The van der Waals surface area contributed by atoms with E-state index in [0.29, 0.717) is 3.95 Å². The molecule has 2 heterocycles. The Morgan fingerprint density at radius 1 is 0.907 bits per heavy atom. The molecule has 0 unspecified atom stereocenters. The number of nitrogens with zero attached hydrogens (tertiary/aromatic N) is 2. The van der Waals surface area contributed by atoms with Crippen LogP contribution in [0.1, 0.15) is 41.5 Å². The Bertz CT molecular complexity index is 1580. The first-order valence-electron chi connectivity index (χ1n) is 12.6. The molecule has 4 rings (SSSR count). The van der Waals surface area contributed by atoms with Gasteiger partial charge in [0.05, 0.1) is 11.1 Å². The molecule has 0 spiro atoms. The molecule has 15 heteroatoms. The Morgan fingerprint density at radius 2 is 1.42 bits per heavy atom. The number of alkyl halides is 6. The number of carbonyl (C=O) groups excluding carboxylic acids is 3. The van der Waals surface area contributed by atoms with Crippen LogP contribution < -0.4 is 5.32 Å². The number of halogens is 6. The third-order valence-corrected chi connectivity index (χ3v) is 7.33. The normalized spacial score (nSPS) is 16.1. The summed E-state index contributed by atoms with van der Waals surface area (Å²) in [7, 11) is 0. The van der Waals surface area contributed by atoms with Gasteiger partial charge in [-0.05, 0) is 54.1 Å². The van der Waals surface area contributed by atoms with E-state index in [9.17, 15) is 40.7 Å². The van der Waals surface area contributed by atoms with Crippen LogP contribution in [-0.2, 0) is 26.7 Å². The Balaban J connectivity index is 1.62. The molecule has 1 fully saturated rings. The summed E-state index contributed by atoms with van der Waals surface area (Å²) in [6.07, 6.45) is -7.65. The predicted molar refractivity (Wildman–Crippen MR) is 150 cm³/mol. The maximum Gasteiger partial charge on any atom is 0.416 e. The van der Waals surface area contributed by atoms with Gasteiger partial charge in [0.15, 0.2) is 9.74 Å². The lowest BCUT2D eigenvalue weighted by Crippen LogP contribution is -2.41. The highest BCUT2D eigenvalue weighted by Gasteiger charge is 2.35. The zero-order valence-electron chi connectivity index (χ0n) is 22.0. The van der Waals surface area contributed by atoms with Gasteiger partial charge < -0.3 is 10.2 Å². The van der Waals surface area contributed by atoms with Crippen molar-refractivity contribution in [3.8, 4) is 0 Å². The quantitative estimate of drug-likeness (QED) is 0.166. The highest BCUT2D eigenvalue weighted by atomic mass is 32.1. The number of piperidine rings is 1. The summed E-state index contributed by atoms with van der Waals surface area (Å²) in [4.78, 5) is 39.9. The van der Waals surface area contributed by atoms with E-state index >= 15 is 0 Å². The van der Waals surface area contributed by atoms with Gasteiger partial charge in [-0.2, -0.15) is 26.3 Å². The summed E-state index contributed by atoms with van der Waals surface area (Å²) in [6.45, 7) is -0.740. The van der Waals surface area contributed by atoms with Crippen molar-refractivity contribution in [3.63, 3.8) is 0 Å². The van der Waals surface area contributed by atoms with E-state index in [0.717, 1.165) is 47.8 Å². The number of Topliss-reactive ketones (excluding diaryl/α,β-unsaturated/α-hetero) is 1. The molecule has 0 atom stereocenters. The fourth-order valence-corrected chi connectivity index (χ4v) is 5.18. The SMILES string of the molecule is O=C(CCCC(=O)N1C/C(=C\c2ccccc2C(F)(F)F)C(=O)/C(=C/c2ccccc2C(F)(F)F)C1)Nc1n[nH]c(=S)s1. The summed E-state index contributed by atoms with van der Waals surface area (Å²) < 4.78 is 82.1.